The van der Waals surface area contributed by atoms with Gasteiger partial charge in [-0.3, -0.25) is 4.18 Å². The second-order valence-corrected chi connectivity index (χ2v) is 19.7. The number of rotatable bonds is 7. The molecule has 1 saturated carbocycles. The number of sulfone groups is 2. The molecular weight excluding hydrogens is 770 g/mol. The van der Waals surface area contributed by atoms with Crippen molar-refractivity contribution >= 4 is 59.9 Å². The molecular formula is C33H52ILiO7S4. The van der Waals surface area contributed by atoms with E-state index in [0.717, 1.165) is 31.9 Å². The average molecular weight is 823 g/mol. The third-order valence-electron chi connectivity index (χ3n) is 7.15. The van der Waals surface area contributed by atoms with Crippen LogP contribution in [-0.2, 0) is 34.0 Å². The molecule has 0 unspecified atom stereocenters. The first-order chi connectivity index (χ1) is 20.6. The van der Waals surface area contributed by atoms with Gasteiger partial charge >= 0.3 is 18.9 Å². The number of halogens is 1. The largest absolute Gasteiger partial charge is 1.00 e. The van der Waals surface area contributed by atoms with Crippen molar-refractivity contribution in [1.82, 2.24) is 0 Å². The molecule has 0 bridgehead atoms. The van der Waals surface area contributed by atoms with Crippen molar-refractivity contribution in [2.24, 2.45) is 11.8 Å². The molecule has 0 aromatic heterocycles. The third kappa shape index (κ3) is 16.9. The summed E-state index contributed by atoms with van der Waals surface area (Å²) in [6.07, 6.45) is 10.5. The van der Waals surface area contributed by atoms with E-state index in [-0.39, 0.29) is 37.1 Å². The molecule has 2 aliphatic rings. The van der Waals surface area contributed by atoms with E-state index in [2.05, 4.69) is 42.0 Å². The van der Waals surface area contributed by atoms with E-state index in [1.165, 1.54) is 18.6 Å². The predicted molar refractivity (Wildman–Crippen MR) is 199 cm³/mol. The van der Waals surface area contributed by atoms with Gasteiger partial charge in [0.25, 0.3) is 10.1 Å². The van der Waals surface area contributed by atoms with Gasteiger partial charge in [0, 0.05) is 4.91 Å². The van der Waals surface area contributed by atoms with Crippen LogP contribution in [0.5, 0.6) is 0 Å². The first-order valence-electron chi connectivity index (χ1n) is 14.7. The molecule has 1 fully saturated rings. The normalized spacial score (nSPS) is 21.1. The molecule has 4 rings (SSSR count). The minimum absolute atomic E-state index is 0. The van der Waals surface area contributed by atoms with Gasteiger partial charge in [0.15, 0.2) is 9.84 Å². The van der Waals surface area contributed by atoms with Crippen LogP contribution in [0.3, 0.4) is 0 Å². The Morgan fingerprint density at radius 3 is 1.76 bits per heavy atom. The van der Waals surface area contributed by atoms with Crippen molar-refractivity contribution in [2.75, 3.05) is 12.5 Å². The maximum Gasteiger partial charge on any atom is 1.00 e. The maximum atomic E-state index is 12.7. The van der Waals surface area contributed by atoms with Gasteiger partial charge in [-0.15, -0.1) is 0 Å². The van der Waals surface area contributed by atoms with Crippen LogP contribution in [-0.4, -0.2) is 49.1 Å². The van der Waals surface area contributed by atoms with Crippen LogP contribution in [0.4, 0.5) is 0 Å². The summed E-state index contributed by atoms with van der Waals surface area (Å²) in [5, 5.41) is -0.814. The zero-order valence-electron chi connectivity index (χ0n) is 27.4. The predicted octanol–water partition coefficient (Wildman–Crippen LogP) is 6.12. The Hall–Kier alpha value is -0.333. The topological polar surface area (TPSA) is 112 Å². The van der Waals surface area contributed by atoms with Crippen molar-refractivity contribution in [1.29, 1.82) is 0 Å². The number of unbranched alkanes of at least 4 members (excludes halogenated alkanes) is 1. The number of allylic oxidation sites excluding steroid dienone is 2. The Bertz CT molecular complexity index is 1450. The third-order valence-corrected chi connectivity index (χ3v) is 12.0. The molecule has 0 heterocycles. The Morgan fingerprint density at radius 1 is 0.870 bits per heavy atom. The summed E-state index contributed by atoms with van der Waals surface area (Å²) in [5.74, 6) is 0.855. The zero-order chi connectivity index (χ0) is 33.4. The summed E-state index contributed by atoms with van der Waals surface area (Å²) in [6.45, 7) is 9.85. The molecule has 0 N–H and O–H groups in total. The monoisotopic (exact) mass is 822 g/mol. The molecule has 7 nitrogen and oxygen atoms in total. The maximum absolute atomic E-state index is 12.7. The summed E-state index contributed by atoms with van der Waals surface area (Å²) >= 11 is 2.20. The molecule has 2 aliphatic carbocycles. The summed E-state index contributed by atoms with van der Waals surface area (Å²) in [7, 11) is -8.79. The standard InChI is InChI=1S/C14H20O5S2.C13H16O2S.C4H9.CH3IS.CH4.Li/c1-11-8-9-14(13(10-11)19-20(2,15)16)21(17,18)12-6-4-3-5-7-12;1-11-7-9-13(10-8-11)16(14,15)12-5-3-2-4-6-12;1-3-4-2;1-3-2;;/h3-7,11,13-14H,8-10H2,1-2H3;2-6,9,11H,7-8,10H2,1H3;1,3-4H2,2H3;1H3;1H4;/q;;-1;;;+1/t11-,13-,14-;11-;;;;/m10..../s1. The Labute approximate surface area is 309 Å². The van der Waals surface area contributed by atoms with Gasteiger partial charge in [-0.25, -0.2) is 16.8 Å². The summed E-state index contributed by atoms with van der Waals surface area (Å²) in [4.78, 5) is 1.22. The Balaban J connectivity index is 0. The number of benzene rings is 2. The quantitative estimate of drug-likeness (QED) is 0.142. The minimum atomic E-state index is -3.69. The van der Waals surface area contributed by atoms with Crippen molar-refractivity contribution in [3.05, 3.63) is 78.6 Å². The van der Waals surface area contributed by atoms with Crippen LogP contribution in [0.2, 0.25) is 0 Å². The second-order valence-electron chi connectivity index (χ2n) is 11.0. The van der Waals surface area contributed by atoms with E-state index >= 15 is 0 Å². The Kier molecular flexibility index (Phi) is 24.9. The van der Waals surface area contributed by atoms with Crippen molar-refractivity contribution in [2.45, 2.75) is 101 Å². The molecule has 2 aromatic carbocycles. The second kappa shape index (κ2) is 23.9. The van der Waals surface area contributed by atoms with Crippen LogP contribution < -0.4 is 18.9 Å². The molecule has 0 radical (unpaired) electrons. The van der Waals surface area contributed by atoms with Crippen LogP contribution >= 0.6 is 30.1 Å². The van der Waals surface area contributed by atoms with Gasteiger partial charge in [0.2, 0.25) is 9.84 Å². The molecule has 13 heteroatoms. The molecule has 0 spiro atoms. The van der Waals surface area contributed by atoms with E-state index in [9.17, 15) is 25.3 Å². The molecule has 0 saturated heterocycles. The molecule has 4 atom stereocenters. The summed E-state index contributed by atoms with van der Waals surface area (Å²) < 4.78 is 77.7. The fraction of sp³-hybridized carbons (Fsp3) is 0.545. The zero-order valence-corrected chi connectivity index (χ0v) is 32.8. The molecule has 258 valence electrons. The summed E-state index contributed by atoms with van der Waals surface area (Å²) in [5.41, 5.74) is 0. The Morgan fingerprint density at radius 2 is 1.35 bits per heavy atom. The van der Waals surface area contributed by atoms with E-state index in [0.29, 0.717) is 35.0 Å². The SMILES string of the molecule is C.CSI.C[C@@H]1CC[C@@H](S(=O)(=O)c2ccccc2)[C@H](OS(C)(=O)=O)C1.C[C@H]1CC=C(S(=O)(=O)c2ccccc2)CC1.[CH2-]CCC.[Li+]. The number of hydrogen-bond acceptors (Lipinski definition) is 8. The molecule has 0 aliphatic heterocycles. The average Bonchev–Trinajstić information content (AvgIpc) is 2.98. The summed E-state index contributed by atoms with van der Waals surface area (Å²) in [6, 6.07) is 16.8. The van der Waals surface area contributed by atoms with Gasteiger partial charge in [-0.2, -0.15) is 14.8 Å². The van der Waals surface area contributed by atoms with Gasteiger partial charge in [0.05, 0.1) is 27.4 Å². The van der Waals surface area contributed by atoms with Gasteiger partial charge in [-0.05, 0) is 102 Å². The van der Waals surface area contributed by atoms with Crippen molar-refractivity contribution in [3.8, 4) is 0 Å². The van der Waals surface area contributed by atoms with E-state index in [1.807, 2.05) is 25.3 Å². The van der Waals surface area contributed by atoms with Crippen molar-refractivity contribution < 1.29 is 48.3 Å². The van der Waals surface area contributed by atoms with E-state index in [4.69, 9.17) is 4.18 Å². The molecule has 0 amide bonds. The van der Waals surface area contributed by atoms with E-state index in [1.54, 1.807) is 51.4 Å². The fourth-order valence-electron chi connectivity index (χ4n) is 4.70. The molecule has 46 heavy (non-hydrogen) atoms. The van der Waals surface area contributed by atoms with Gasteiger partial charge < -0.3 is 6.92 Å². The van der Waals surface area contributed by atoms with Gasteiger partial charge in [-0.1, -0.05) is 86.0 Å². The fourth-order valence-corrected chi connectivity index (χ4v) is 8.85. The minimum Gasteiger partial charge on any atom is -0.343 e. The van der Waals surface area contributed by atoms with E-state index < -0.39 is 41.1 Å². The van der Waals surface area contributed by atoms with Gasteiger partial charge in [0.1, 0.15) is 0 Å². The molecule has 2 aromatic rings. The van der Waals surface area contributed by atoms with Crippen LogP contribution in [0.1, 0.15) is 79.6 Å². The van der Waals surface area contributed by atoms with Crippen molar-refractivity contribution in [3.63, 3.8) is 0 Å². The first-order valence-corrected chi connectivity index (χ1v) is 23.4. The first kappa shape index (κ1) is 47.8. The number of hydrogen-bond donors (Lipinski definition) is 0. The van der Waals surface area contributed by atoms with Crippen LogP contribution in [0.25, 0.3) is 0 Å². The smallest absolute Gasteiger partial charge is 0.343 e. The van der Waals surface area contributed by atoms with Crippen LogP contribution in [0.15, 0.2) is 81.4 Å². The van der Waals surface area contributed by atoms with Crippen LogP contribution in [0, 0.1) is 18.8 Å².